The van der Waals surface area contributed by atoms with Crippen molar-refractivity contribution in [2.45, 2.75) is 45.1 Å². The van der Waals surface area contributed by atoms with E-state index in [1.807, 2.05) is 32.9 Å². The van der Waals surface area contributed by atoms with Gasteiger partial charge in [0.1, 0.15) is 0 Å². The molecule has 0 aliphatic heterocycles. The van der Waals surface area contributed by atoms with Gasteiger partial charge in [-0.2, -0.15) is 4.98 Å². The predicted molar refractivity (Wildman–Crippen MR) is 85.7 cm³/mol. The number of nitrogens with zero attached hydrogens (tertiary/aromatic N) is 2. The Labute approximate surface area is 137 Å². The largest absolute Gasteiger partial charge is 0.341 e. The van der Waals surface area contributed by atoms with Crippen LogP contribution in [0.1, 0.15) is 60.9 Å². The van der Waals surface area contributed by atoms with Crippen LogP contribution in [0.2, 0.25) is 0 Å². The molecule has 0 bridgehead atoms. The highest BCUT2D eigenvalue weighted by Crippen LogP contribution is 2.33. The van der Waals surface area contributed by atoms with Gasteiger partial charge in [-0.1, -0.05) is 47.9 Å². The molecule has 1 aliphatic carbocycles. The highest BCUT2D eigenvalue weighted by atomic mass is 79.9. The Morgan fingerprint density at radius 3 is 2.86 bits per heavy atom. The fourth-order valence-corrected chi connectivity index (χ4v) is 2.98. The lowest BCUT2D eigenvalue weighted by atomic mass is 9.96. The van der Waals surface area contributed by atoms with Crippen molar-refractivity contribution < 1.29 is 9.32 Å². The second-order valence-corrected chi connectivity index (χ2v) is 7.50. The molecule has 2 aromatic rings. The van der Waals surface area contributed by atoms with Crippen LogP contribution in [0.15, 0.2) is 27.2 Å². The zero-order chi connectivity index (χ0) is 15.9. The van der Waals surface area contributed by atoms with Crippen LogP contribution < -0.4 is 5.32 Å². The van der Waals surface area contributed by atoms with E-state index in [-0.39, 0.29) is 23.3 Å². The number of carbonyl (C=O) groups excluding carboxylic acids is 1. The van der Waals surface area contributed by atoms with E-state index in [0.29, 0.717) is 5.82 Å². The summed E-state index contributed by atoms with van der Waals surface area (Å²) in [4.78, 5) is 16.5. The molecule has 0 fully saturated rings. The minimum Gasteiger partial charge on any atom is -0.341 e. The molecule has 0 radical (unpaired) electrons. The van der Waals surface area contributed by atoms with Crippen molar-refractivity contribution >= 4 is 21.8 Å². The smallest absolute Gasteiger partial charge is 0.315 e. The summed E-state index contributed by atoms with van der Waals surface area (Å²) in [6, 6.07) is 6.14. The van der Waals surface area contributed by atoms with Crippen LogP contribution in [0.4, 0.5) is 0 Å². The number of halogens is 1. The van der Waals surface area contributed by atoms with Gasteiger partial charge in [0.05, 0.1) is 6.04 Å². The van der Waals surface area contributed by atoms with E-state index in [4.69, 9.17) is 4.52 Å². The molecule has 1 aromatic heterocycles. The van der Waals surface area contributed by atoms with Crippen molar-refractivity contribution in [3.05, 3.63) is 45.5 Å². The van der Waals surface area contributed by atoms with Crippen LogP contribution >= 0.6 is 15.9 Å². The highest BCUT2D eigenvalue weighted by molar-refractivity contribution is 9.10. The maximum atomic E-state index is 12.3. The van der Waals surface area contributed by atoms with E-state index < -0.39 is 0 Å². The van der Waals surface area contributed by atoms with Crippen LogP contribution in [-0.4, -0.2) is 16.0 Å². The third-order valence-electron chi connectivity index (χ3n) is 3.78. The Morgan fingerprint density at radius 2 is 2.18 bits per heavy atom. The van der Waals surface area contributed by atoms with Crippen LogP contribution in [-0.2, 0) is 11.8 Å². The Kier molecular flexibility index (Phi) is 3.80. The van der Waals surface area contributed by atoms with Gasteiger partial charge in [-0.3, -0.25) is 4.79 Å². The molecule has 3 rings (SSSR count). The van der Waals surface area contributed by atoms with Gasteiger partial charge in [0.2, 0.25) is 0 Å². The second kappa shape index (κ2) is 5.50. The molecule has 22 heavy (non-hydrogen) atoms. The first-order valence-electron chi connectivity index (χ1n) is 7.28. The summed E-state index contributed by atoms with van der Waals surface area (Å²) < 4.78 is 6.15. The van der Waals surface area contributed by atoms with E-state index in [9.17, 15) is 4.79 Å². The summed E-state index contributed by atoms with van der Waals surface area (Å²) in [7, 11) is 0. The van der Waals surface area contributed by atoms with Gasteiger partial charge in [-0.05, 0) is 36.1 Å². The third kappa shape index (κ3) is 2.92. The molecule has 0 saturated carbocycles. The Bertz CT molecular complexity index is 718. The van der Waals surface area contributed by atoms with Gasteiger partial charge >= 0.3 is 11.8 Å². The van der Waals surface area contributed by atoms with Crippen molar-refractivity contribution in [1.82, 2.24) is 15.5 Å². The molecule has 1 heterocycles. The van der Waals surface area contributed by atoms with Gasteiger partial charge in [-0.25, -0.2) is 0 Å². The van der Waals surface area contributed by atoms with Crippen molar-refractivity contribution in [2.75, 3.05) is 0 Å². The number of fused-ring (bicyclic) bond motifs is 1. The third-order valence-corrected chi connectivity index (χ3v) is 4.27. The lowest BCUT2D eigenvalue weighted by molar-refractivity contribution is 0.0892. The fourth-order valence-electron chi connectivity index (χ4n) is 2.58. The number of aromatic nitrogens is 2. The minimum absolute atomic E-state index is 0.000543. The summed E-state index contributed by atoms with van der Waals surface area (Å²) >= 11 is 3.47. The quantitative estimate of drug-likeness (QED) is 0.885. The van der Waals surface area contributed by atoms with Crippen molar-refractivity contribution in [2.24, 2.45) is 0 Å². The molecule has 0 spiro atoms. The molecule has 0 saturated heterocycles. The number of benzene rings is 1. The van der Waals surface area contributed by atoms with Crippen LogP contribution in [0.25, 0.3) is 0 Å². The number of nitrogens with one attached hydrogen (secondary N) is 1. The standard InChI is InChI=1S/C16H18BrN3O2/c1-16(2,3)15-19-14(22-20-15)13(21)18-12-7-4-9-8-10(17)5-6-11(9)12/h5-6,8,12H,4,7H2,1-3H3,(H,18,21). The molecule has 1 atom stereocenters. The SMILES string of the molecule is CC(C)(C)c1noc(C(=O)NC2CCc3cc(Br)ccc32)n1. The Morgan fingerprint density at radius 1 is 1.41 bits per heavy atom. The molecule has 1 N–H and O–H groups in total. The summed E-state index contributed by atoms with van der Waals surface area (Å²) in [5.41, 5.74) is 2.18. The van der Waals surface area contributed by atoms with Gasteiger partial charge < -0.3 is 9.84 Å². The molecule has 6 heteroatoms. The first-order valence-corrected chi connectivity index (χ1v) is 8.07. The summed E-state index contributed by atoms with van der Waals surface area (Å²) in [5.74, 6) is 0.243. The molecular weight excluding hydrogens is 346 g/mol. The van der Waals surface area contributed by atoms with Crippen molar-refractivity contribution in [1.29, 1.82) is 0 Å². The van der Waals surface area contributed by atoms with Crippen LogP contribution in [0.3, 0.4) is 0 Å². The van der Waals surface area contributed by atoms with Gasteiger partial charge in [0, 0.05) is 9.89 Å². The molecule has 1 unspecified atom stereocenters. The van der Waals surface area contributed by atoms with Crippen LogP contribution in [0, 0.1) is 0 Å². The number of amides is 1. The molecule has 1 amide bonds. The number of hydrogen-bond acceptors (Lipinski definition) is 4. The van der Waals surface area contributed by atoms with E-state index in [0.717, 1.165) is 22.9 Å². The van der Waals surface area contributed by atoms with E-state index >= 15 is 0 Å². The second-order valence-electron chi connectivity index (χ2n) is 6.58. The average Bonchev–Trinajstić information content (AvgIpc) is 3.05. The average molecular weight is 364 g/mol. The number of carbonyl (C=O) groups is 1. The molecule has 1 aromatic carbocycles. The van der Waals surface area contributed by atoms with E-state index in [2.05, 4.69) is 37.5 Å². The predicted octanol–water partition coefficient (Wildman–Crippen LogP) is 3.55. The molecule has 5 nitrogen and oxygen atoms in total. The summed E-state index contributed by atoms with van der Waals surface area (Å²) in [5, 5.41) is 6.87. The molecule has 1 aliphatic rings. The van der Waals surface area contributed by atoms with Gasteiger partial charge in [-0.15, -0.1) is 0 Å². The highest BCUT2D eigenvalue weighted by Gasteiger charge is 2.28. The first-order chi connectivity index (χ1) is 10.3. The molecule has 116 valence electrons. The lowest BCUT2D eigenvalue weighted by Gasteiger charge is -2.12. The van der Waals surface area contributed by atoms with Crippen molar-refractivity contribution in [3.8, 4) is 0 Å². The summed E-state index contributed by atoms with van der Waals surface area (Å²) in [6.07, 6.45) is 1.84. The minimum atomic E-state index is -0.316. The van der Waals surface area contributed by atoms with E-state index in [1.54, 1.807) is 0 Å². The maximum Gasteiger partial charge on any atom is 0.315 e. The van der Waals surface area contributed by atoms with E-state index in [1.165, 1.54) is 5.56 Å². The maximum absolute atomic E-state index is 12.3. The number of aryl methyl sites for hydroxylation is 1. The van der Waals surface area contributed by atoms with Crippen molar-refractivity contribution in [3.63, 3.8) is 0 Å². The Hall–Kier alpha value is -1.69. The number of hydrogen-bond donors (Lipinski definition) is 1. The fraction of sp³-hybridized carbons (Fsp3) is 0.438. The van der Waals surface area contributed by atoms with Gasteiger partial charge in [0.25, 0.3) is 0 Å². The topological polar surface area (TPSA) is 68.0 Å². The molecular formula is C16H18BrN3O2. The first kappa shape index (κ1) is 15.2. The number of rotatable bonds is 2. The Balaban J connectivity index is 1.75. The lowest BCUT2D eigenvalue weighted by Crippen LogP contribution is -2.27. The summed E-state index contributed by atoms with van der Waals surface area (Å²) in [6.45, 7) is 5.93. The van der Waals surface area contributed by atoms with Gasteiger partial charge in [0.15, 0.2) is 5.82 Å². The zero-order valence-electron chi connectivity index (χ0n) is 12.8. The zero-order valence-corrected chi connectivity index (χ0v) is 14.4. The van der Waals surface area contributed by atoms with Crippen LogP contribution in [0.5, 0.6) is 0 Å². The normalized spacial score (nSPS) is 17.4. The monoisotopic (exact) mass is 363 g/mol.